The first-order valence-electron chi connectivity index (χ1n) is 7.40. The van der Waals surface area contributed by atoms with Gasteiger partial charge in [0.15, 0.2) is 0 Å². The van der Waals surface area contributed by atoms with Crippen molar-refractivity contribution in [2.75, 3.05) is 51.7 Å². The predicted octanol–water partition coefficient (Wildman–Crippen LogP) is 0.817. The molecule has 0 aromatic heterocycles. The van der Waals surface area contributed by atoms with Crippen LogP contribution in [0, 0.1) is 0 Å². The molecule has 2 N–H and O–H groups in total. The van der Waals surface area contributed by atoms with Gasteiger partial charge in [-0.1, -0.05) is 0 Å². The van der Waals surface area contributed by atoms with E-state index < -0.39 is 0 Å². The Labute approximate surface area is 125 Å². The Balaban J connectivity index is 1.45. The number of piperazine rings is 3. The Morgan fingerprint density at radius 2 is 1.95 bits per heavy atom. The van der Waals surface area contributed by atoms with Crippen molar-refractivity contribution in [3.8, 4) is 5.75 Å². The van der Waals surface area contributed by atoms with Crippen LogP contribution in [0.2, 0.25) is 0 Å². The fraction of sp³-hybridized carbons (Fsp3) is 0.533. The van der Waals surface area contributed by atoms with Gasteiger partial charge in [0.25, 0.3) is 0 Å². The highest BCUT2D eigenvalue weighted by molar-refractivity contribution is 5.89. The van der Waals surface area contributed by atoms with Crippen LogP contribution in [0.15, 0.2) is 24.3 Å². The van der Waals surface area contributed by atoms with Crippen molar-refractivity contribution < 1.29 is 9.53 Å². The third-order valence-corrected chi connectivity index (χ3v) is 4.24. The molecule has 0 spiro atoms. The Morgan fingerprint density at radius 3 is 2.52 bits per heavy atom. The number of urea groups is 1. The van der Waals surface area contributed by atoms with E-state index in [1.165, 1.54) is 0 Å². The summed E-state index contributed by atoms with van der Waals surface area (Å²) < 4.78 is 5.09. The Morgan fingerprint density at radius 1 is 1.24 bits per heavy atom. The van der Waals surface area contributed by atoms with Crippen molar-refractivity contribution in [2.45, 2.75) is 6.04 Å². The van der Waals surface area contributed by atoms with Crippen LogP contribution in [0.5, 0.6) is 5.75 Å². The highest BCUT2D eigenvalue weighted by atomic mass is 16.5. The molecule has 114 valence electrons. The lowest BCUT2D eigenvalue weighted by atomic mass is 10.1. The van der Waals surface area contributed by atoms with Crippen LogP contribution in [0.4, 0.5) is 10.5 Å². The number of fused-ring (bicyclic) bond motifs is 3. The monoisotopic (exact) mass is 290 g/mol. The number of carbonyl (C=O) groups is 1. The van der Waals surface area contributed by atoms with E-state index in [-0.39, 0.29) is 6.03 Å². The van der Waals surface area contributed by atoms with E-state index in [0.29, 0.717) is 12.6 Å². The maximum atomic E-state index is 11.9. The fourth-order valence-electron chi connectivity index (χ4n) is 2.98. The number of nitrogens with one attached hydrogen (secondary N) is 2. The molecule has 1 aromatic rings. The van der Waals surface area contributed by atoms with Crippen molar-refractivity contribution in [3.63, 3.8) is 0 Å². The van der Waals surface area contributed by atoms with Crippen LogP contribution < -0.4 is 15.4 Å². The zero-order valence-corrected chi connectivity index (χ0v) is 12.3. The molecule has 3 aliphatic rings. The number of nitrogens with zero attached hydrogens (tertiary/aromatic N) is 2. The van der Waals surface area contributed by atoms with Gasteiger partial charge in [0, 0.05) is 51.0 Å². The van der Waals surface area contributed by atoms with Gasteiger partial charge in [-0.25, -0.2) is 4.79 Å². The Hall–Kier alpha value is -1.79. The smallest absolute Gasteiger partial charge is 0.319 e. The van der Waals surface area contributed by atoms with Crippen LogP contribution >= 0.6 is 0 Å². The van der Waals surface area contributed by atoms with Gasteiger partial charge in [0.05, 0.1) is 7.11 Å². The van der Waals surface area contributed by atoms with E-state index in [2.05, 4.69) is 20.4 Å². The SMILES string of the molecule is COc1ccc(NC(=O)NCC2CN3CCN2CC3)cc1. The first-order valence-corrected chi connectivity index (χ1v) is 7.40. The second kappa shape index (κ2) is 6.32. The van der Waals surface area contributed by atoms with Crippen LogP contribution in [-0.4, -0.2) is 68.3 Å². The summed E-state index contributed by atoms with van der Waals surface area (Å²) in [7, 11) is 1.62. The highest BCUT2D eigenvalue weighted by Gasteiger charge is 2.31. The molecule has 1 atom stereocenters. The number of benzene rings is 1. The number of hydrogen-bond donors (Lipinski definition) is 2. The number of ether oxygens (including phenoxy) is 1. The Bertz CT molecular complexity index is 483. The number of amides is 2. The van der Waals surface area contributed by atoms with Crippen molar-refractivity contribution in [2.24, 2.45) is 0 Å². The van der Waals surface area contributed by atoms with Crippen LogP contribution in [0.3, 0.4) is 0 Å². The fourth-order valence-corrected chi connectivity index (χ4v) is 2.98. The summed E-state index contributed by atoms with van der Waals surface area (Å²) in [5, 5.41) is 5.80. The standard InChI is InChI=1S/C15H22N4O2/c1-21-14-4-2-12(3-5-14)17-15(20)16-10-13-11-18-6-8-19(13)9-7-18/h2-5,13H,6-11H2,1H3,(H2,16,17,20). The number of hydrogen-bond acceptors (Lipinski definition) is 4. The second-order valence-electron chi connectivity index (χ2n) is 5.55. The molecule has 0 radical (unpaired) electrons. The largest absolute Gasteiger partial charge is 0.497 e. The quantitative estimate of drug-likeness (QED) is 0.862. The van der Waals surface area contributed by atoms with Crippen molar-refractivity contribution in [3.05, 3.63) is 24.3 Å². The van der Waals surface area contributed by atoms with E-state index in [4.69, 9.17) is 4.74 Å². The van der Waals surface area contributed by atoms with Gasteiger partial charge in [-0.3, -0.25) is 9.80 Å². The minimum Gasteiger partial charge on any atom is -0.497 e. The third-order valence-electron chi connectivity index (χ3n) is 4.24. The maximum Gasteiger partial charge on any atom is 0.319 e. The molecule has 3 fully saturated rings. The number of anilines is 1. The van der Waals surface area contributed by atoms with Gasteiger partial charge >= 0.3 is 6.03 Å². The molecule has 0 saturated carbocycles. The maximum absolute atomic E-state index is 11.9. The van der Waals surface area contributed by atoms with Gasteiger partial charge in [0.2, 0.25) is 0 Å². The van der Waals surface area contributed by atoms with Crippen molar-refractivity contribution >= 4 is 11.7 Å². The average Bonchev–Trinajstić information content (AvgIpc) is 2.55. The van der Waals surface area contributed by atoms with E-state index in [1.54, 1.807) is 7.11 Å². The molecule has 6 heteroatoms. The molecule has 6 nitrogen and oxygen atoms in total. The van der Waals surface area contributed by atoms with Crippen LogP contribution in [0.25, 0.3) is 0 Å². The molecule has 21 heavy (non-hydrogen) atoms. The minimum absolute atomic E-state index is 0.155. The molecule has 1 unspecified atom stereocenters. The second-order valence-corrected chi connectivity index (χ2v) is 5.55. The summed E-state index contributed by atoms with van der Waals surface area (Å²) in [4.78, 5) is 16.9. The summed E-state index contributed by atoms with van der Waals surface area (Å²) in [6.07, 6.45) is 0. The lowest BCUT2D eigenvalue weighted by Gasteiger charge is -2.47. The summed E-state index contributed by atoms with van der Waals surface area (Å²) >= 11 is 0. The average molecular weight is 290 g/mol. The number of carbonyl (C=O) groups excluding carboxylic acids is 1. The number of methoxy groups -OCH3 is 1. The van der Waals surface area contributed by atoms with Crippen LogP contribution in [0.1, 0.15) is 0 Å². The van der Waals surface area contributed by atoms with E-state index in [0.717, 1.165) is 44.2 Å². The highest BCUT2D eigenvalue weighted by Crippen LogP contribution is 2.16. The predicted molar refractivity (Wildman–Crippen MR) is 81.8 cm³/mol. The zero-order chi connectivity index (χ0) is 14.7. The summed E-state index contributed by atoms with van der Waals surface area (Å²) in [6.45, 7) is 6.31. The molecule has 3 saturated heterocycles. The molecule has 3 aliphatic heterocycles. The van der Waals surface area contributed by atoms with Crippen molar-refractivity contribution in [1.82, 2.24) is 15.1 Å². The lowest BCUT2D eigenvalue weighted by molar-refractivity contribution is 0.0149. The van der Waals surface area contributed by atoms with E-state index in [1.807, 2.05) is 24.3 Å². The lowest BCUT2D eigenvalue weighted by Crippen LogP contribution is -2.63. The minimum atomic E-state index is -0.155. The first kappa shape index (κ1) is 14.2. The van der Waals surface area contributed by atoms with Gasteiger partial charge in [-0.05, 0) is 24.3 Å². The van der Waals surface area contributed by atoms with Crippen molar-refractivity contribution in [1.29, 1.82) is 0 Å². The van der Waals surface area contributed by atoms with E-state index >= 15 is 0 Å². The molecule has 1 aromatic carbocycles. The van der Waals surface area contributed by atoms with Gasteiger partial charge in [0.1, 0.15) is 5.75 Å². The molecule has 0 aliphatic carbocycles. The summed E-state index contributed by atoms with van der Waals surface area (Å²) in [5.41, 5.74) is 0.766. The third kappa shape index (κ3) is 3.46. The number of rotatable bonds is 4. The first-order chi connectivity index (χ1) is 10.2. The summed E-state index contributed by atoms with van der Waals surface area (Å²) in [5.74, 6) is 0.779. The summed E-state index contributed by atoms with van der Waals surface area (Å²) in [6, 6.07) is 7.60. The molecular formula is C15H22N4O2. The molecule has 2 amide bonds. The molecule has 4 rings (SSSR count). The van der Waals surface area contributed by atoms with Gasteiger partial charge < -0.3 is 15.4 Å². The van der Waals surface area contributed by atoms with Crippen LogP contribution in [-0.2, 0) is 0 Å². The molecular weight excluding hydrogens is 268 g/mol. The van der Waals surface area contributed by atoms with Gasteiger partial charge in [-0.2, -0.15) is 0 Å². The van der Waals surface area contributed by atoms with E-state index in [9.17, 15) is 4.79 Å². The Kier molecular flexibility index (Phi) is 4.26. The van der Waals surface area contributed by atoms with Gasteiger partial charge in [-0.15, -0.1) is 0 Å². The topological polar surface area (TPSA) is 56.8 Å². The molecule has 2 bridgehead atoms. The normalized spacial score (nSPS) is 27.2. The molecule has 3 heterocycles. The zero-order valence-electron chi connectivity index (χ0n) is 12.3.